The van der Waals surface area contributed by atoms with Crippen LogP contribution < -0.4 is 9.64 Å². The Bertz CT molecular complexity index is 1180. The van der Waals surface area contributed by atoms with Gasteiger partial charge < -0.3 is 4.74 Å². The molecular formula is C23H24N4O2S. The van der Waals surface area contributed by atoms with E-state index in [9.17, 15) is 4.79 Å². The van der Waals surface area contributed by atoms with Gasteiger partial charge >= 0.3 is 0 Å². The SMILES string of the molecule is COc1ccc2nc(N(Cc3ccccc3)C(=O)c3cc(C)n(C(C)C)n3)sc2c1. The van der Waals surface area contributed by atoms with Crippen molar-refractivity contribution in [3.05, 3.63) is 71.5 Å². The number of methoxy groups -OCH3 is 1. The minimum absolute atomic E-state index is 0.160. The van der Waals surface area contributed by atoms with Gasteiger partial charge in [0.15, 0.2) is 10.8 Å². The van der Waals surface area contributed by atoms with E-state index in [-0.39, 0.29) is 11.9 Å². The van der Waals surface area contributed by atoms with E-state index in [1.165, 1.54) is 11.3 Å². The zero-order valence-corrected chi connectivity index (χ0v) is 18.3. The van der Waals surface area contributed by atoms with Gasteiger partial charge in [-0.1, -0.05) is 41.7 Å². The fourth-order valence-corrected chi connectivity index (χ4v) is 4.37. The average Bonchev–Trinajstić information content (AvgIpc) is 3.35. The second-order valence-electron chi connectivity index (χ2n) is 7.42. The molecule has 0 bridgehead atoms. The van der Waals surface area contributed by atoms with E-state index in [2.05, 4.69) is 18.9 Å². The Morgan fingerprint density at radius 1 is 1.17 bits per heavy atom. The highest BCUT2D eigenvalue weighted by molar-refractivity contribution is 7.22. The smallest absolute Gasteiger partial charge is 0.280 e. The van der Waals surface area contributed by atoms with Crippen LogP contribution in [-0.4, -0.2) is 27.8 Å². The predicted octanol–water partition coefficient (Wildman–Crippen LogP) is 5.24. The highest BCUT2D eigenvalue weighted by atomic mass is 32.1. The predicted molar refractivity (Wildman–Crippen MR) is 120 cm³/mol. The summed E-state index contributed by atoms with van der Waals surface area (Å²) in [5.41, 5.74) is 3.25. The van der Waals surface area contributed by atoms with Crippen LogP contribution in [0.15, 0.2) is 54.6 Å². The lowest BCUT2D eigenvalue weighted by Gasteiger charge is -2.19. The molecule has 0 fully saturated rings. The molecule has 0 aliphatic carbocycles. The van der Waals surface area contributed by atoms with Crippen molar-refractivity contribution in [3.8, 4) is 5.75 Å². The summed E-state index contributed by atoms with van der Waals surface area (Å²) >= 11 is 1.47. The van der Waals surface area contributed by atoms with E-state index in [1.807, 2.05) is 66.2 Å². The van der Waals surface area contributed by atoms with Crippen molar-refractivity contribution in [1.29, 1.82) is 0 Å². The molecule has 0 spiro atoms. The van der Waals surface area contributed by atoms with Crippen molar-refractivity contribution in [3.63, 3.8) is 0 Å². The summed E-state index contributed by atoms with van der Waals surface area (Å²) in [7, 11) is 1.64. The largest absolute Gasteiger partial charge is 0.497 e. The molecule has 0 aliphatic rings. The van der Waals surface area contributed by atoms with Gasteiger partial charge in [0.1, 0.15) is 5.75 Å². The highest BCUT2D eigenvalue weighted by Crippen LogP contribution is 2.33. The van der Waals surface area contributed by atoms with Gasteiger partial charge in [0, 0.05) is 11.7 Å². The Labute approximate surface area is 179 Å². The zero-order valence-electron chi connectivity index (χ0n) is 17.5. The van der Waals surface area contributed by atoms with E-state index in [1.54, 1.807) is 12.0 Å². The fraction of sp³-hybridized carbons (Fsp3) is 0.261. The average molecular weight is 421 g/mol. The molecule has 2 heterocycles. The summed E-state index contributed by atoms with van der Waals surface area (Å²) in [5.74, 6) is 0.609. The molecule has 4 rings (SSSR count). The maximum Gasteiger partial charge on any atom is 0.280 e. The number of amides is 1. The summed E-state index contributed by atoms with van der Waals surface area (Å²) in [5, 5.41) is 5.20. The van der Waals surface area contributed by atoms with Gasteiger partial charge in [-0.3, -0.25) is 14.4 Å². The Hall–Kier alpha value is -3.19. The van der Waals surface area contributed by atoms with Gasteiger partial charge in [-0.2, -0.15) is 5.10 Å². The number of benzene rings is 2. The van der Waals surface area contributed by atoms with Crippen LogP contribution in [0.3, 0.4) is 0 Å². The molecule has 0 N–H and O–H groups in total. The van der Waals surface area contributed by atoms with Crippen molar-refractivity contribution in [1.82, 2.24) is 14.8 Å². The van der Waals surface area contributed by atoms with Crippen molar-refractivity contribution >= 4 is 32.6 Å². The van der Waals surface area contributed by atoms with Crippen LogP contribution in [0.1, 0.15) is 41.6 Å². The number of aromatic nitrogens is 3. The van der Waals surface area contributed by atoms with Crippen LogP contribution in [0, 0.1) is 6.92 Å². The van der Waals surface area contributed by atoms with Crippen LogP contribution in [0.5, 0.6) is 5.75 Å². The van der Waals surface area contributed by atoms with Crippen LogP contribution >= 0.6 is 11.3 Å². The van der Waals surface area contributed by atoms with Gasteiger partial charge in [0.2, 0.25) is 0 Å². The Balaban J connectivity index is 1.76. The number of thiazole rings is 1. The highest BCUT2D eigenvalue weighted by Gasteiger charge is 2.25. The normalized spacial score (nSPS) is 11.2. The molecule has 0 saturated carbocycles. The number of aryl methyl sites for hydroxylation is 1. The molecule has 6 nitrogen and oxygen atoms in total. The number of nitrogens with zero attached hydrogens (tertiary/aromatic N) is 4. The number of hydrogen-bond donors (Lipinski definition) is 0. The first kappa shape index (κ1) is 20.1. The van der Waals surface area contributed by atoms with E-state index < -0.39 is 0 Å². The molecule has 4 aromatic rings. The summed E-state index contributed by atoms with van der Waals surface area (Å²) in [6, 6.07) is 17.7. The first-order valence-electron chi connectivity index (χ1n) is 9.83. The van der Waals surface area contributed by atoms with E-state index in [4.69, 9.17) is 9.72 Å². The molecule has 0 unspecified atom stereocenters. The van der Waals surface area contributed by atoms with Crippen molar-refractivity contribution in [2.24, 2.45) is 0 Å². The quantitative estimate of drug-likeness (QED) is 0.428. The molecule has 154 valence electrons. The van der Waals surface area contributed by atoms with Gasteiger partial charge in [0.05, 0.1) is 23.9 Å². The molecule has 1 amide bonds. The lowest BCUT2D eigenvalue weighted by molar-refractivity contribution is 0.0979. The second-order valence-corrected chi connectivity index (χ2v) is 8.43. The van der Waals surface area contributed by atoms with Gasteiger partial charge in [-0.05, 0) is 50.6 Å². The van der Waals surface area contributed by atoms with Crippen LogP contribution in [0.25, 0.3) is 10.2 Å². The van der Waals surface area contributed by atoms with Crippen LogP contribution in [0.4, 0.5) is 5.13 Å². The molecule has 7 heteroatoms. The third-order valence-electron chi connectivity index (χ3n) is 4.87. The third-order valence-corrected chi connectivity index (χ3v) is 5.92. The van der Waals surface area contributed by atoms with Crippen molar-refractivity contribution in [2.45, 2.75) is 33.4 Å². The minimum atomic E-state index is -0.160. The minimum Gasteiger partial charge on any atom is -0.497 e. The molecule has 2 aromatic carbocycles. The lowest BCUT2D eigenvalue weighted by Crippen LogP contribution is -2.30. The molecule has 2 aromatic heterocycles. The van der Waals surface area contributed by atoms with Gasteiger partial charge in [-0.15, -0.1) is 0 Å². The molecule has 30 heavy (non-hydrogen) atoms. The summed E-state index contributed by atoms with van der Waals surface area (Å²) in [6.07, 6.45) is 0. The summed E-state index contributed by atoms with van der Waals surface area (Å²) < 4.78 is 8.17. The maximum absolute atomic E-state index is 13.5. The van der Waals surface area contributed by atoms with Crippen LogP contribution in [-0.2, 0) is 6.54 Å². The number of carbonyl (C=O) groups excluding carboxylic acids is 1. The lowest BCUT2D eigenvalue weighted by atomic mass is 10.2. The van der Waals surface area contributed by atoms with Gasteiger partial charge in [0.25, 0.3) is 5.91 Å². The number of ether oxygens (including phenoxy) is 1. The first-order chi connectivity index (χ1) is 14.5. The molecule has 0 atom stereocenters. The standard InChI is InChI=1S/C23H24N4O2S/c1-15(2)27-16(3)12-20(25-27)22(28)26(14-17-8-6-5-7-9-17)23-24-19-11-10-18(29-4)13-21(19)30-23/h5-13,15H,14H2,1-4H3. The monoisotopic (exact) mass is 420 g/mol. The fourth-order valence-electron chi connectivity index (χ4n) is 3.38. The number of carbonyl (C=O) groups is 1. The summed E-state index contributed by atoms with van der Waals surface area (Å²) in [6.45, 7) is 6.49. The van der Waals surface area contributed by atoms with Crippen molar-refractivity contribution < 1.29 is 9.53 Å². The second kappa shape index (κ2) is 8.28. The number of rotatable bonds is 6. The zero-order chi connectivity index (χ0) is 21.3. The molecule has 0 radical (unpaired) electrons. The van der Waals surface area contributed by atoms with Crippen LogP contribution in [0.2, 0.25) is 0 Å². The van der Waals surface area contributed by atoms with E-state index in [0.717, 1.165) is 27.2 Å². The summed E-state index contributed by atoms with van der Waals surface area (Å²) in [4.78, 5) is 20.0. The molecule has 0 aliphatic heterocycles. The van der Waals surface area contributed by atoms with E-state index >= 15 is 0 Å². The number of anilines is 1. The Morgan fingerprint density at radius 2 is 1.93 bits per heavy atom. The Kier molecular flexibility index (Phi) is 5.55. The topological polar surface area (TPSA) is 60.2 Å². The first-order valence-corrected chi connectivity index (χ1v) is 10.6. The Morgan fingerprint density at radius 3 is 2.60 bits per heavy atom. The van der Waals surface area contributed by atoms with Gasteiger partial charge in [-0.25, -0.2) is 4.98 Å². The molecular weight excluding hydrogens is 396 g/mol. The third kappa shape index (κ3) is 3.93. The van der Waals surface area contributed by atoms with E-state index in [0.29, 0.717) is 17.4 Å². The number of hydrogen-bond acceptors (Lipinski definition) is 5. The van der Waals surface area contributed by atoms with Crippen molar-refractivity contribution in [2.75, 3.05) is 12.0 Å². The number of fused-ring (bicyclic) bond motifs is 1. The molecule has 0 saturated heterocycles. The maximum atomic E-state index is 13.5.